The molecule has 2 aromatic rings. The molecule has 2 fully saturated rings. The molecular weight excluding hydrogens is 571 g/mol. The van der Waals surface area contributed by atoms with Crippen LogP contribution in [0.5, 0.6) is 0 Å². The first-order valence-electron chi connectivity index (χ1n) is 13.7. The molecule has 1 aromatic heterocycles. The predicted octanol–water partition coefficient (Wildman–Crippen LogP) is 3.62. The van der Waals surface area contributed by atoms with Gasteiger partial charge in [-0.05, 0) is 37.5 Å². The minimum Gasteiger partial charge on any atom is -0.463 e. The van der Waals surface area contributed by atoms with Gasteiger partial charge >= 0.3 is 11.9 Å². The molecule has 224 valence electrons. The van der Waals surface area contributed by atoms with Crippen LogP contribution in [-0.4, -0.2) is 90.0 Å². The number of esters is 2. The average molecular weight is 604 g/mol. The fourth-order valence-corrected chi connectivity index (χ4v) is 6.52. The molecule has 3 aliphatic heterocycles. The molecular formula is C29H32F3N5O4S. The molecule has 0 amide bonds. The van der Waals surface area contributed by atoms with Crippen LogP contribution in [-0.2, 0) is 19.1 Å². The van der Waals surface area contributed by atoms with Gasteiger partial charge in [0.1, 0.15) is 18.5 Å². The lowest BCUT2D eigenvalue weighted by Crippen LogP contribution is -2.47. The van der Waals surface area contributed by atoms with E-state index in [2.05, 4.69) is 16.9 Å². The maximum Gasteiger partial charge on any atom is 0.338 e. The van der Waals surface area contributed by atoms with Gasteiger partial charge in [-0.1, -0.05) is 24.8 Å². The molecule has 42 heavy (non-hydrogen) atoms. The van der Waals surface area contributed by atoms with Gasteiger partial charge < -0.3 is 14.8 Å². The second kappa shape index (κ2) is 12.4. The first-order valence-corrected chi connectivity index (χ1v) is 14.5. The van der Waals surface area contributed by atoms with E-state index in [1.807, 2.05) is 0 Å². The van der Waals surface area contributed by atoms with Crippen molar-refractivity contribution >= 4 is 29.1 Å². The third-order valence-corrected chi connectivity index (χ3v) is 8.48. The molecule has 1 aromatic carbocycles. The summed E-state index contributed by atoms with van der Waals surface area (Å²) in [5, 5.41) is 5.48. The number of amidine groups is 1. The third kappa shape index (κ3) is 5.86. The van der Waals surface area contributed by atoms with E-state index in [4.69, 9.17) is 14.5 Å². The van der Waals surface area contributed by atoms with Crippen molar-refractivity contribution in [3.8, 4) is 0 Å². The number of ether oxygens (including phenoxy) is 2. The topological polar surface area (TPSA) is 96.4 Å². The Labute approximate surface area is 245 Å². The summed E-state index contributed by atoms with van der Waals surface area (Å²) in [5.41, 5.74) is 1.24. The number of fused-ring (bicyclic) bond motifs is 1. The number of halogens is 3. The molecule has 1 N–H and O–H groups in total. The maximum atomic E-state index is 15.5. The molecule has 0 aliphatic carbocycles. The number of hydrogen-bond acceptors (Lipinski definition) is 10. The number of hydrogen-bond donors (Lipinski definition) is 1. The number of benzene rings is 1. The monoisotopic (exact) mass is 603 g/mol. The smallest absolute Gasteiger partial charge is 0.338 e. The summed E-state index contributed by atoms with van der Waals surface area (Å²) >= 11 is 1.32. The van der Waals surface area contributed by atoms with Gasteiger partial charge in [0.2, 0.25) is 0 Å². The zero-order valence-electron chi connectivity index (χ0n) is 23.3. The Morgan fingerprint density at radius 3 is 2.81 bits per heavy atom. The predicted molar refractivity (Wildman–Crippen MR) is 151 cm³/mol. The van der Waals surface area contributed by atoms with Crippen molar-refractivity contribution in [1.82, 2.24) is 20.1 Å². The van der Waals surface area contributed by atoms with Crippen molar-refractivity contribution in [3.63, 3.8) is 0 Å². The molecule has 3 aliphatic rings. The fourth-order valence-electron chi connectivity index (χ4n) is 5.93. The Morgan fingerprint density at radius 2 is 2.10 bits per heavy atom. The van der Waals surface area contributed by atoms with Crippen LogP contribution in [0.15, 0.2) is 58.7 Å². The minimum atomic E-state index is -3.12. The summed E-state index contributed by atoms with van der Waals surface area (Å²) in [6.07, 6.45) is 3.43. The summed E-state index contributed by atoms with van der Waals surface area (Å²) < 4.78 is 56.2. The number of nitrogens with one attached hydrogen (secondary N) is 1. The van der Waals surface area contributed by atoms with Crippen LogP contribution in [0.1, 0.15) is 35.5 Å². The van der Waals surface area contributed by atoms with Gasteiger partial charge in [0.15, 0.2) is 10.8 Å². The average Bonchev–Trinajstić information content (AvgIpc) is 3.68. The fraction of sp³-hybridized carbons (Fsp3) is 0.448. The van der Waals surface area contributed by atoms with Gasteiger partial charge in [-0.15, -0.1) is 11.3 Å². The number of carbonyl (C=O) groups excluding carboxylic acids is 2. The molecule has 4 heterocycles. The maximum absolute atomic E-state index is 15.5. The van der Waals surface area contributed by atoms with Crippen LogP contribution in [0.25, 0.3) is 0 Å². The summed E-state index contributed by atoms with van der Waals surface area (Å²) in [6.45, 7) is 6.27. The Morgan fingerprint density at radius 1 is 1.29 bits per heavy atom. The molecule has 0 bridgehead atoms. The highest BCUT2D eigenvalue weighted by atomic mass is 32.1. The van der Waals surface area contributed by atoms with Crippen LogP contribution in [0.4, 0.5) is 13.2 Å². The number of nitrogens with zero attached hydrogens (tertiary/aromatic N) is 4. The van der Waals surface area contributed by atoms with Gasteiger partial charge in [0, 0.05) is 36.4 Å². The van der Waals surface area contributed by atoms with Crippen molar-refractivity contribution < 1.29 is 32.2 Å². The second-order valence-corrected chi connectivity index (χ2v) is 11.2. The van der Waals surface area contributed by atoms with Gasteiger partial charge in [-0.25, -0.2) is 22.9 Å². The van der Waals surface area contributed by atoms with E-state index < -0.39 is 48.3 Å². The standard InChI is InChI=1S/C29H32F3N5O4S/c1-4-12-41-22(38)15-36-11-9-21-25(36)29(31,32)16-37(21)14-20-23(28(39)40-5-2)24(18-7-6-8-19(30)17(18)3)35-26(34-20)27-33-10-13-42-27/h4,6-8,10,13,21,24-25H,1,5,9,11-12,14-16H2,2-3H3,(H,34,35)/t21?,24-,25?/m0/s1. The number of thiazole rings is 1. The number of likely N-dealkylation sites (tertiary alicyclic amines) is 2. The Kier molecular flexibility index (Phi) is 8.81. The van der Waals surface area contributed by atoms with Crippen molar-refractivity contribution in [1.29, 1.82) is 0 Å². The second-order valence-electron chi connectivity index (χ2n) is 10.3. The highest BCUT2D eigenvalue weighted by Gasteiger charge is 2.59. The molecule has 3 atom stereocenters. The summed E-state index contributed by atoms with van der Waals surface area (Å²) in [6, 6.07) is 1.83. The van der Waals surface area contributed by atoms with Crippen LogP contribution < -0.4 is 5.32 Å². The Hall–Kier alpha value is -3.55. The van der Waals surface area contributed by atoms with E-state index >= 15 is 8.78 Å². The highest BCUT2D eigenvalue weighted by Crippen LogP contribution is 2.43. The van der Waals surface area contributed by atoms with Gasteiger partial charge in [-0.2, -0.15) is 0 Å². The summed E-state index contributed by atoms with van der Waals surface area (Å²) in [7, 11) is 0. The lowest BCUT2D eigenvalue weighted by atomic mass is 9.92. The Bertz CT molecular complexity index is 1410. The molecule has 0 radical (unpaired) electrons. The number of aromatic nitrogens is 1. The van der Waals surface area contributed by atoms with Crippen molar-refractivity contribution in [2.75, 3.05) is 39.4 Å². The van der Waals surface area contributed by atoms with E-state index in [-0.39, 0.29) is 31.9 Å². The van der Waals surface area contributed by atoms with Crippen molar-refractivity contribution in [2.45, 2.75) is 44.3 Å². The van der Waals surface area contributed by atoms with E-state index in [1.54, 1.807) is 42.5 Å². The minimum absolute atomic E-state index is 0.00862. The largest absolute Gasteiger partial charge is 0.463 e. The Balaban J connectivity index is 1.51. The van der Waals surface area contributed by atoms with E-state index in [1.165, 1.54) is 28.4 Å². The summed E-state index contributed by atoms with van der Waals surface area (Å²) in [4.78, 5) is 37.9. The molecule has 2 saturated heterocycles. The van der Waals surface area contributed by atoms with Gasteiger partial charge in [-0.3, -0.25) is 19.6 Å². The molecule has 0 spiro atoms. The van der Waals surface area contributed by atoms with Crippen LogP contribution in [0, 0.1) is 12.7 Å². The van der Waals surface area contributed by atoms with Crippen LogP contribution in [0.2, 0.25) is 0 Å². The first kappa shape index (κ1) is 29.9. The zero-order valence-corrected chi connectivity index (χ0v) is 24.1. The molecule has 9 nitrogen and oxygen atoms in total. The molecule has 13 heteroatoms. The lowest BCUT2D eigenvalue weighted by Gasteiger charge is -2.31. The van der Waals surface area contributed by atoms with Crippen molar-refractivity contribution in [3.05, 3.63) is 75.7 Å². The zero-order chi connectivity index (χ0) is 30.0. The number of aliphatic imine (C=N–C) groups is 1. The van der Waals surface area contributed by atoms with Crippen molar-refractivity contribution in [2.24, 2.45) is 4.99 Å². The highest BCUT2D eigenvalue weighted by molar-refractivity contribution is 7.11. The van der Waals surface area contributed by atoms with E-state index in [9.17, 15) is 14.0 Å². The summed E-state index contributed by atoms with van der Waals surface area (Å²) in [5.74, 6) is -4.49. The quantitative estimate of drug-likeness (QED) is 0.325. The van der Waals surface area contributed by atoms with Crippen LogP contribution >= 0.6 is 11.3 Å². The van der Waals surface area contributed by atoms with Crippen LogP contribution in [0.3, 0.4) is 0 Å². The molecule has 2 unspecified atom stereocenters. The van der Waals surface area contributed by atoms with E-state index in [0.717, 1.165) is 0 Å². The number of carbonyl (C=O) groups is 2. The first-order chi connectivity index (χ1) is 20.1. The van der Waals surface area contributed by atoms with Gasteiger partial charge in [0.25, 0.3) is 5.92 Å². The number of alkyl halides is 2. The molecule has 0 saturated carbocycles. The van der Waals surface area contributed by atoms with E-state index in [0.29, 0.717) is 40.6 Å². The number of rotatable bonds is 10. The SMILES string of the molecule is C=CCOC(=O)CN1CCC2C1C(F)(F)CN2CC1=C(C(=O)OCC)[C@H](c2cccc(F)c2C)N=C(c2nccs2)N1. The van der Waals surface area contributed by atoms with Gasteiger partial charge in [0.05, 0.1) is 31.3 Å². The normalized spacial score (nSPS) is 23.7. The lowest BCUT2D eigenvalue weighted by molar-refractivity contribution is -0.145. The third-order valence-electron chi connectivity index (χ3n) is 7.70. The molecule has 5 rings (SSSR count).